The van der Waals surface area contributed by atoms with Crippen LogP contribution in [0.25, 0.3) is 0 Å². The summed E-state index contributed by atoms with van der Waals surface area (Å²) in [5.74, 6) is -0.437. The summed E-state index contributed by atoms with van der Waals surface area (Å²) in [7, 11) is 0. The van der Waals surface area contributed by atoms with Crippen LogP contribution in [0.3, 0.4) is 0 Å². The minimum atomic E-state index is -4.56. The van der Waals surface area contributed by atoms with E-state index < -0.39 is 17.9 Å². The van der Waals surface area contributed by atoms with Crippen molar-refractivity contribution >= 4 is 11.8 Å². The van der Waals surface area contributed by atoms with Crippen LogP contribution < -0.4 is 5.73 Å². The molecule has 0 radical (unpaired) electrons. The highest BCUT2D eigenvalue weighted by Crippen LogP contribution is 2.33. The van der Waals surface area contributed by atoms with Crippen LogP contribution in [0.1, 0.15) is 36.1 Å². The maximum Gasteiger partial charge on any atom is 0.433 e. The van der Waals surface area contributed by atoms with Crippen LogP contribution in [0.2, 0.25) is 0 Å². The molecular formula is C18H24F3N5O3. The van der Waals surface area contributed by atoms with Crippen molar-refractivity contribution < 1.29 is 27.5 Å². The van der Waals surface area contributed by atoms with Crippen molar-refractivity contribution in [3.63, 3.8) is 0 Å². The Labute approximate surface area is 166 Å². The SMILES string of the molecule is Cc1nc2c(c(C(F)(F)F)n1)CCN(C(=O)C[C@@H](N)CN1C[C@H](C)OCC1=O)C2. The molecule has 11 heteroatoms. The van der Waals surface area contributed by atoms with Crippen LogP contribution in [0, 0.1) is 6.92 Å². The summed E-state index contributed by atoms with van der Waals surface area (Å²) in [5, 5.41) is 0. The normalized spacial score (nSPS) is 21.2. The van der Waals surface area contributed by atoms with E-state index >= 15 is 0 Å². The molecule has 0 aliphatic carbocycles. The van der Waals surface area contributed by atoms with Crippen LogP contribution in [-0.2, 0) is 33.5 Å². The monoisotopic (exact) mass is 415 g/mol. The zero-order valence-electron chi connectivity index (χ0n) is 16.3. The first-order valence-electron chi connectivity index (χ1n) is 9.41. The fourth-order valence-corrected chi connectivity index (χ4v) is 3.65. The van der Waals surface area contributed by atoms with Gasteiger partial charge in [0.1, 0.15) is 12.4 Å². The lowest BCUT2D eigenvalue weighted by atomic mass is 10.0. The standard InChI is InChI=1S/C18H24F3N5O3/c1-10-6-26(16(28)9-29-10)7-12(22)5-15(27)25-4-3-13-14(8-25)23-11(2)24-17(13)18(19,20)21/h10,12H,3-9,22H2,1-2H3/t10-,12+/m0/s1. The molecule has 3 rings (SSSR count). The first-order valence-corrected chi connectivity index (χ1v) is 9.41. The predicted molar refractivity (Wildman–Crippen MR) is 95.5 cm³/mol. The highest BCUT2D eigenvalue weighted by Gasteiger charge is 2.39. The van der Waals surface area contributed by atoms with Gasteiger partial charge in [-0.1, -0.05) is 0 Å². The molecule has 3 heterocycles. The van der Waals surface area contributed by atoms with Gasteiger partial charge in [0, 0.05) is 37.7 Å². The number of aryl methyl sites for hydroxylation is 1. The number of nitrogens with two attached hydrogens (primary N) is 1. The molecule has 1 fully saturated rings. The summed E-state index contributed by atoms with van der Waals surface area (Å²) in [6.45, 7) is 4.00. The molecule has 1 saturated heterocycles. The molecule has 0 aromatic carbocycles. The first kappa shape index (κ1) is 21.4. The number of fused-ring (bicyclic) bond motifs is 1. The minimum absolute atomic E-state index is 0.00859. The third kappa shape index (κ3) is 5.02. The van der Waals surface area contributed by atoms with Crippen molar-refractivity contribution in [2.45, 2.75) is 51.6 Å². The molecule has 0 saturated carbocycles. The molecule has 1 aromatic heterocycles. The molecule has 8 nitrogen and oxygen atoms in total. The second-order valence-electron chi connectivity index (χ2n) is 7.49. The molecule has 160 valence electrons. The van der Waals surface area contributed by atoms with E-state index in [0.717, 1.165) is 0 Å². The smallest absolute Gasteiger partial charge is 0.367 e. The van der Waals surface area contributed by atoms with Crippen LogP contribution in [0.5, 0.6) is 0 Å². The molecule has 0 bridgehead atoms. The van der Waals surface area contributed by atoms with Gasteiger partial charge in [-0.3, -0.25) is 9.59 Å². The number of carbonyl (C=O) groups is 2. The maximum absolute atomic E-state index is 13.2. The van der Waals surface area contributed by atoms with Crippen molar-refractivity contribution in [1.29, 1.82) is 0 Å². The fourth-order valence-electron chi connectivity index (χ4n) is 3.65. The van der Waals surface area contributed by atoms with Crippen molar-refractivity contribution in [3.05, 3.63) is 22.8 Å². The quantitative estimate of drug-likeness (QED) is 0.775. The zero-order valence-corrected chi connectivity index (χ0v) is 16.3. The van der Waals surface area contributed by atoms with Gasteiger partial charge in [-0.25, -0.2) is 9.97 Å². The van der Waals surface area contributed by atoms with Gasteiger partial charge in [-0.15, -0.1) is 0 Å². The number of ether oxygens (including phenoxy) is 1. The Balaban J connectivity index is 1.63. The molecule has 0 spiro atoms. The summed E-state index contributed by atoms with van der Waals surface area (Å²) >= 11 is 0. The number of nitrogens with zero attached hydrogens (tertiary/aromatic N) is 4. The number of morpholine rings is 1. The largest absolute Gasteiger partial charge is 0.433 e. The number of alkyl halides is 3. The van der Waals surface area contributed by atoms with Crippen molar-refractivity contribution in [3.8, 4) is 0 Å². The molecule has 2 N–H and O–H groups in total. The van der Waals surface area contributed by atoms with E-state index in [0.29, 0.717) is 6.54 Å². The lowest BCUT2D eigenvalue weighted by molar-refractivity contribution is -0.148. The van der Waals surface area contributed by atoms with Gasteiger partial charge in [0.15, 0.2) is 5.69 Å². The number of halogens is 3. The van der Waals surface area contributed by atoms with Crippen molar-refractivity contribution in [1.82, 2.24) is 19.8 Å². The molecule has 0 unspecified atom stereocenters. The summed E-state index contributed by atoms with van der Waals surface area (Å²) in [4.78, 5) is 35.2. The van der Waals surface area contributed by atoms with Crippen LogP contribution >= 0.6 is 0 Å². The number of hydrogen-bond donors (Lipinski definition) is 1. The highest BCUT2D eigenvalue weighted by molar-refractivity contribution is 5.79. The van der Waals surface area contributed by atoms with Gasteiger partial charge in [0.25, 0.3) is 0 Å². The molecule has 2 amide bonds. The van der Waals surface area contributed by atoms with Gasteiger partial charge in [0.2, 0.25) is 11.8 Å². The van der Waals surface area contributed by atoms with Gasteiger partial charge in [-0.05, 0) is 20.3 Å². The van der Waals surface area contributed by atoms with E-state index in [1.165, 1.54) is 11.8 Å². The van der Waals surface area contributed by atoms with E-state index in [1.807, 2.05) is 6.92 Å². The van der Waals surface area contributed by atoms with E-state index in [4.69, 9.17) is 10.5 Å². The fraction of sp³-hybridized carbons (Fsp3) is 0.667. The van der Waals surface area contributed by atoms with Gasteiger partial charge in [0.05, 0.1) is 18.3 Å². The Hall–Kier alpha value is -2.27. The lowest BCUT2D eigenvalue weighted by Gasteiger charge is -2.34. The molecular weight excluding hydrogens is 391 g/mol. The number of aromatic nitrogens is 2. The topological polar surface area (TPSA) is 102 Å². The maximum atomic E-state index is 13.2. The molecule has 2 aliphatic rings. The number of carbonyl (C=O) groups excluding carboxylic acids is 2. The molecule has 1 aromatic rings. The Morgan fingerprint density at radius 1 is 1.38 bits per heavy atom. The van der Waals surface area contributed by atoms with E-state index in [2.05, 4.69) is 9.97 Å². The minimum Gasteiger partial charge on any atom is -0.367 e. The summed E-state index contributed by atoms with van der Waals surface area (Å²) in [5.41, 5.74) is 5.40. The van der Waals surface area contributed by atoms with Gasteiger partial charge in [-0.2, -0.15) is 13.2 Å². The Bertz CT molecular complexity index is 802. The van der Waals surface area contributed by atoms with E-state index in [1.54, 1.807) is 4.90 Å². The van der Waals surface area contributed by atoms with Gasteiger partial charge < -0.3 is 20.3 Å². The second-order valence-corrected chi connectivity index (χ2v) is 7.49. The highest BCUT2D eigenvalue weighted by atomic mass is 19.4. The zero-order chi connectivity index (χ0) is 21.3. The predicted octanol–water partition coefficient (Wildman–Crippen LogP) is 0.653. The molecule has 2 atom stereocenters. The number of rotatable bonds is 4. The number of amides is 2. The summed E-state index contributed by atoms with van der Waals surface area (Å²) < 4.78 is 45.0. The van der Waals surface area contributed by atoms with Crippen molar-refractivity contribution in [2.24, 2.45) is 5.73 Å². The lowest BCUT2D eigenvalue weighted by Crippen LogP contribution is -2.51. The van der Waals surface area contributed by atoms with Crippen LogP contribution in [0.4, 0.5) is 13.2 Å². The third-order valence-electron chi connectivity index (χ3n) is 5.01. The average Bonchev–Trinajstić information content (AvgIpc) is 2.62. The first-order chi connectivity index (χ1) is 13.5. The van der Waals surface area contributed by atoms with Gasteiger partial charge >= 0.3 is 6.18 Å². The van der Waals surface area contributed by atoms with E-state index in [9.17, 15) is 22.8 Å². The van der Waals surface area contributed by atoms with Crippen LogP contribution in [-0.4, -0.2) is 70.0 Å². The summed E-state index contributed by atoms with van der Waals surface area (Å²) in [6, 6.07) is -0.573. The third-order valence-corrected chi connectivity index (χ3v) is 5.01. The Kier molecular flexibility index (Phi) is 6.08. The molecule has 29 heavy (non-hydrogen) atoms. The second kappa shape index (κ2) is 8.23. The van der Waals surface area contributed by atoms with Crippen molar-refractivity contribution in [2.75, 3.05) is 26.2 Å². The number of hydrogen-bond acceptors (Lipinski definition) is 6. The Morgan fingerprint density at radius 3 is 2.79 bits per heavy atom. The summed E-state index contributed by atoms with van der Waals surface area (Å²) in [6.07, 6.45) is -4.64. The van der Waals surface area contributed by atoms with E-state index in [-0.39, 0.29) is 74.1 Å². The Morgan fingerprint density at radius 2 is 2.10 bits per heavy atom. The van der Waals surface area contributed by atoms with Crippen LogP contribution in [0.15, 0.2) is 0 Å². The molecule has 2 aliphatic heterocycles. The average molecular weight is 415 g/mol.